The topological polar surface area (TPSA) is 24.9 Å². The maximum absolute atomic E-state index is 4.14. The summed E-state index contributed by atoms with van der Waals surface area (Å²) in [5.74, 6) is 0. The van der Waals surface area contributed by atoms with E-state index in [1.165, 1.54) is 17.1 Å². The Morgan fingerprint density at radius 1 is 1.78 bits per heavy atom. The maximum atomic E-state index is 4.14. The zero-order valence-electron chi connectivity index (χ0n) is 5.64. The van der Waals surface area contributed by atoms with Crippen LogP contribution in [0.1, 0.15) is 11.3 Å². The highest BCUT2D eigenvalue weighted by molar-refractivity contribution is 7.03. The average molecular weight is 142 g/mol. The lowest BCUT2D eigenvalue weighted by Gasteiger charge is -1.93. The molecule has 0 atom stereocenters. The lowest BCUT2D eigenvalue weighted by molar-refractivity contribution is 0.812. The Labute approximate surface area is 59.1 Å². The molecule has 0 bridgehead atoms. The van der Waals surface area contributed by atoms with Crippen LogP contribution in [0, 0.1) is 6.92 Å². The molecule has 1 aromatic heterocycles. The Kier molecular flexibility index (Phi) is 2.19. The fourth-order valence-corrected chi connectivity index (χ4v) is 1.38. The van der Waals surface area contributed by atoms with E-state index in [0.29, 0.717) is 0 Å². The average Bonchev–Trinajstić information content (AvgIpc) is 2.18. The second-order valence-electron chi connectivity index (χ2n) is 1.96. The zero-order valence-corrected chi connectivity index (χ0v) is 6.46. The third-order valence-electron chi connectivity index (χ3n) is 1.22. The summed E-state index contributed by atoms with van der Waals surface area (Å²) >= 11 is 1.52. The van der Waals surface area contributed by atoms with Crippen molar-refractivity contribution in [2.75, 3.05) is 7.05 Å². The van der Waals surface area contributed by atoms with E-state index in [2.05, 4.69) is 15.1 Å². The smallest absolute Gasteiger partial charge is 0.0556 e. The van der Waals surface area contributed by atoms with Gasteiger partial charge in [0.05, 0.1) is 5.69 Å². The number of hydrogen-bond acceptors (Lipinski definition) is 3. The predicted molar refractivity (Wildman–Crippen MR) is 39.6 cm³/mol. The van der Waals surface area contributed by atoms with Gasteiger partial charge < -0.3 is 5.32 Å². The fraction of sp³-hybridized carbons (Fsp3) is 0.500. The normalized spacial score (nSPS) is 10.0. The first kappa shape index (κ1) is 6.71. The Morgan fingerprint density at radius 2 is 2.56 bits per heavy atom. The van der Waals surface area contributed by atoms with Crippen LogP contribution in [0.15, 0.2) is 5.38 Å². The van der Waals surface area contributed by atoms with E-state index < -0.39 is 0 Å². The molecule has 0 radical (unpaired) electrons. The second-order valence-corrected chi connectivity index (χ2v) is 2.58. The number of nitrogens with zero attached hydrogens (tertiary/aromatic N) is 1. The highest BCUT2D eigenvalue weighted by Gasteiger charge is 1.96. The van der Waals surface area contributed by atoms with Gasteiger partial charge in [0.15, 0.2) is 0 Å². The van der Waals surface area contributed by atoms with Gasteiger partial charge in [-0.25, -0.2) is 0 Å². The summed E-state index contributed by atoms with van der Waals surface area (Å²) in [6.45, 7) is 2.96. The minimum Gasteiger partial charge on any atom is -0.316 e. The van der Waals surface area contributed by atoms with Gasteiger partial charge in [0.1, 0.15) is 0 Å². The molecule has 0 aliphatic rings. The van der Waals surface area contributed by atoms with Gasteiger partial charge in [-0.15, -0.1) is 0 Å². The van der Waals surface area contributed by atoms with Gasteiger partial charge >= 0.3 is 0 Å². The van der Waals surface area contributed by atoms with E-state index in [1.54, 1.807) is 0 Å². The van der Waals surface area contributed by atoms with Crippen molar-refractivity contribution in [1.29, 1.82) is 0 Å². The Balaban J connectivity index is 2.69. The van der Waals surface area contributed by atoms with Crippen molar-refractivity contribution in [1.82, 2.24) is 9.69 Å². The Hall–Kier alpha value is -0.410. The second kappa shape index (κ2) is 2.94. The number of hydrogen-bond donors (Lipinski definition) is 1. The van der Waals surface area contributed by atoms with Gasteiger partial charge in [-0.1, -0.05) is 0 Å². The molecule has 1 heterocycles. The maximum Gasteiger partial charge on any atom is 0.0556 e. The van der Waals surface area contributed by atoms with Crippen LogP contribution in [0.25, 0.3) is 0 Å². The largest absolute Gasteiger partial charge is 0.316 e. The summed E-state index contributed by atoms with van der Waals surface area (Å²) in [5.41, 5.74) is 2.46. The summed E-state index contributed by atoms with van der Waals surface area (Å²) in [6.07, 6.45) is 0. The number of aryl methyl sites for hydroxylation is 1. The summed E-state index contributed by atoms with van der Waals surface area (Å²) in [4.78, 5) is 0. The van der Waals surface area contributed by atoms with Crippen molar-refractivity contribution < 1.29 is 0 Å². The van der Waals surface area contributed by atoms with E-state index in [4.69, 9.17) is 0 Å². The van der Waals surface area contributed by atoms with E-state index in [0.717, 1.165) is 12.2 Å². The molecule has 1 N–H and O–H groups in total. The van der Waals surface area contributed by atoms with Crippen LogP contribution in [0.2, 0.25) is 0 Å². The molecule has 0 saturated heterocycles. The molecule has 9 heavy (non-hydrogen) atoms. The number of rotatable bonds is 2. The van der Waals surface area contributed by atoms with Crippen molar-refractivity contribution in [2.45, 2.75) is 13.5 Å². The molecule has 0 saturated carbocycles. The minimum absolute atomic E-state index is 0.933. The van der Waals surface area contributed by atoms with E-state index in [1.807, 2.05) is 14.0 Å². The third kappa shape index (κ3) is 1.50. The van der Waals surface area contributed by atoms with Gasteiger partial charge in [0.25, 0.3) is 0 Å². The number of aromatic nitrogens is 1. The molecule has 0 aromatic carbocycles. The van der Waals surface area contributed by atoms with Crippen molar-refractivity contribution in [2.24, 2.45) is 0 Å². The summed E-state index contributed by atoms with van der Waals surface area (Å²) < 4.78 is 4.14. The highest BCUT2D eigenvalue weighted by atomic mass is 32.1. The van der Waals surface area contributed by atoms with E-state index >= 15 is 0 Å². The molecule has 0 aliphatic carbocycles. The lowest BCUT2D eigenvalue weighted by atomic mass is 10.3. The quantitative estimate of drug-likeness (QED) is 0.670. The van der Waals surface area contributed by atoms with Crippen LogP contribution in [-0.2, 0) is 6.54 Å². The standard InChI is InChI=1S/C6H10N2S/c1-5-6(3-7-2)4-9-8-5/h4,7H,3H2,1-2H3. The monoisotopic (exact) mass is 142 g/mol. The van der Waals surface area contributed by atoms with Gasteiger partial charge in [0.2, 0.25) is 0 Å². The molecular formula is C6H10N2S. The van der Waals surface area contributed by atoms with Gasteiger partial charge in [-0.2, -0.15) is 4.37 Å². The van der Waals surface area contributed by atoms with Crippen LogP contribution in [0.4, 0.5) is 0 Å². The zero-order chi connectivity index (χ0) is 6.69. The summed E-state index contributed by atoms with van der Waals surface area (Å²) in [6, 6.07) is 0. The van der Waals surface area contributed by atoms with Gasteiger partial charge in [-0.05, 0) is 31.1 Å². The molecule has 0 unspecified atom stereocenters. The Bertz CT molecular complexity index is 183. The fourth-order valence-electron chi connectivity index (χ4n) is 0.673. The third-order valence-corrected chi connectivity index (χ3v) is 1.99. The first-order valence-electron chi connectivity index (χ1n) is 2.89. The molecule has 1 aromatic rings. The van der Waals surface area contributed by atoms with Crippen molar-refractivity contribution in [3.63, 3.8) is 0 Å². The lowest BCUT2D eigenvalue weighted by Crippen LogP contribution is -2.04. The van der Waals surface area contributed by atoms with Crippen molar-refractivity contribution >= 4 is 11.5 Å². The van der Waals surface area contributed by atoms with Crippen LogP contribution in [0.5, 0.6) is 0 Å². The predicted octanol–water partition coefficient (Wildman–Crippen LogP) is 1.17. The van der Waals surface area contributed by atoms with Crippen LogP contribution >= 0.6 is 11.5 Å². The number of nitrogens with one attached hydrogen (secondary N) is 1. The molecule has 0 fully saturated rings. The molecule has 50 valence electrons. The Morgan fingerprint density at radius 3 is 3.00 bits per heavy atom. The molecular weight excluding hydrogens is 132 g/mol. The van der Waals surface area contributed by atoms with E-state index in [9.17, 15) is 0 Å². The summed E-state index contributed by atoms with van der Waals surface area (Å²) in [7, 11) is 1.94. The van der Waals surface area contributed by atoms with Gasteiger partial charge in [-0.3, -0.25) is 0 Å². The molecule has 0 spiro atoms. The highest BCUT2D eigenvalue weighted by Crippen LogP contribution is 2.07. The minimum atomic E-state index is 0.933. The van der Waals surface area contributed by atoms with Crippen LogP contribution in [-0.4, -0.2) is 11.4 Å². The van der Waals surface area contributed by atoms with E-state index in [-0.39, 0.29) is 0 Å². The molecule has 0 aliphatic heterocycles. The van der Waals surface area contributed by atoms with Crippen molar-refractivity contribution in [3.8, 4) is 0 Å². The summed E-state index contributed by atoms with van der Waals surface area (Å²) in [5, 5.41) is 5.15. The van der Waals surface area contributed by atoms with Crippen LogP contribution in [0.3, 0.4) is 0 Å². The SMILES string of the molecule is CNCc1csnc1C. The molecule has 1 rings (SSSR count). The van der Waals surface area contributed by atoms with Crippen molar-refractivity contribution in [3.05, 3.63) is 16.6 Å². The van der Waals surface area contributed by atoms with Gasteiger partial charge in [0, 0.05) is 11.9 Å². The first-order chi connectivity index (χ1) is 4.34. The van der Waals surface area contributed by atoms with Crippen LogP contribution < -0.4 is 5.32 Å². The molecule has 0 amide bonds. The first-order valence-corrected chi connectivity index (χ1v) is 3.72. The molecule has 3 heteroatoms. The molecule has 2 nitrogen and oxygen atoms in total.